The summed E-state index contributed by atoms with van der Waals surface area (Å²) in [5, 5.41) is 8.71. The molecule has 268 valence electrons. The fraction of sp³-hybridized carbons (Fsp3) is 0.588. The number of urea groups is 1. The molecule has 3 N–H and O–H groups in total. The van der Waals surface area contributed by atoms with E-state index in [0.29, 0.717) is 31.2 Å². The number of likely N-dealkylation sites (tertiary alicyclic amines) is 1. The Labute approximate surface area is 287 Å². The first kappa shape index (κ1) is 37.2. The zero-order chi connectivity index (χ0) is 36.1. The van der Waals surface area contributed by atoms with E-state index in [1.54, 1.807) is 61.6 Å². The van der Waals surface area contributed by atoms with Gasteiger partial charge < -0.3 is 34.8 Å². The monoisotopic (exact) mass is 682 g/mol. The van der Waals surface area contributed by atoms with E-state index in [-0.39, 0.29) is 44.0 Å². The van der Waals surface area contributed by atoms with Gasteiger partial charge in [-0.05, 0) is 79.2 Å². The van der Waals surface area contributed by atoms with E-state index < -0.39 is 34.6 Å². The van der Waals surface area contributed by atoms with Crippen LogP contribution in [0.3, 0.4) is 0 Å². The van der Waals surface area contributed by atoms with Crippen molar-refractivity contribution >= 4 is 29.9 Å². The largest absolute Gasteiger partial charge is 0.444 e. The topological polar surface area (TPSA) is 167 Å². The molecule has 0 unspecified atom stereocenters. The first-order chi connectivity index (χ1) is 22.8. The average molecular weight is 683 g/mol. The maximum atomic E-state index is 13.1. The van der Waals surface area contributed by atoms with E-state index in [1.165, 1.54) is 4.57 Å². The third-order valence-electron chi connectivity index (χ3n) is 7.83. The first-order valence-electron chi connectivity index (χ1n) is 16.5. The van der Waals surface area contributed by atoms with Gasteiger partial charge in [0.25, 0.3) is 0 Å². The van der Waals surface area contributed by atoms with Gasteiger partial charge in [-0.15, -0.1) is 0 Å². The number of benzene rings is 1. The molecule has 2 fully saturated rings. The van der Waals surface area contributed by atoms with Crippen LogP contribution < -0.4 is 21.6 Å². The minimum absolute atomic E-state index is 0.120. The van der Waals surface area contributed by atoms with Crippen molar-refractivity contribution in [2.24, 2.45) is 5.92 Å². The maximum absolute atomic E-state index is 13.1. The normalized spacial score (nSPS) is 15.7. The van der Waals surface area contributed by atoms with Crippen molar-refractivity contribution in [2.45, 2.75) is 78.7 Å². The number of nitrogens with zero attached hydrogens (tertiary/aromatic N) is 5. The number of aromatic nitrogens is 2. The van der Waals surface area contributed by atoms with Crippen LogP contribution in [0.1, 0.15) is 61.0 Å². The molecule has 5 amide bonds. The predicted molar refractivity (Wildman–Crippen MR) is 183 cm³/mol. The molecular weight excluding hydrogens is 632 g/mol. The average Bonchev–Trinajstić information content (AvgIpc) is 2.96. The van der Waals surface area contributed by atoms with Crippen LogP contribution in [0.4, 0.5) is 20.2 Å². The molecule has 0 aliphatic carbocycles. The molecule has 49 heavy (non-hydrogen) atoms. The zero-order valence-electron chi connectivity index (χ0n) is 29.8. The number of carbonyl (C=O) groups is 4. The van der Waals surface area contributed by atoms with Crippen molar-refractivity contribution in [3.63, 3.8) is 0 Å². The summed E-state index contributed by atoms with van der Waals surface area (Å²) in [6.07, 6.45) is 0.598. The van der Waals surface area contributed by atoms with Crippen LogP contribution in [0.15, 0.2) is 41.3 Å². The summed E-state index contributed by atoms with van der Waals surface area (Å²) >= 11 is 0. The van der Waals surface area contributed by atoms with E-state index in [4.69, 9.17) is 9.47 Å². The van der Waals surface area contributed by atoms with E-state index in [9.17, 15) is 24.0 Å². The molecular formula is C34H50N8O7. The van der Waals surface area contributed by atoms with Crippen molar-refractivity contribution in [1.82, 2.24) is 34.9 Å². The van der Waals surface area contributed by atoms with E-state index >= 15 is 0 Å². The Bertz CT molecular complexity index is 1560. The van der Waals surface area contributed by atoms with Gasteiger partial charge in [0.15, 0.2) is 0 Å². The molecule has 15 heteroatoms. The Morgan fingerprint density at radius 3 is 1.98 bits per heavy atom. The highest BCUT2D eigenvalue weighted by Crippen LogP contribution is 2.19. The smallest absolute Gasteiger partial charge is 0.410 e. The van der Waals surface area contributed by atoms with Crippen molar-refractivity contribution in [1.29, 1.82) is 0 Å². The predicted octanol–water partition coefficient (Wildman–Crippen LogP) is 3.17. The summed E-state index contributed by atoms with van der Waals surface area (Å²) in [5.41, 5.74) is -1.25. The number of hydrogen-bond donors (Lipinski definition) is 3. The highest BCUT2D eigenvalue weighted by Gasteiger charge is 2.37. The van der Waals surface area contributed by atoms with E-state index in [1.807, 2.05) is 45.0 Å². The molecule has 2 saturated heterocycles. The second kappa shape index (κ2) is 14.8. The van der Waals surface area contributed by atoms with Crippen LogP contribution in [0, 0.1) is 5.92 Å². The third-order valence-corrected chi connectivity index (χ3v) is 7.83. The highest BCUT2D eigenvalue weighted by molar-refractivity contribution is 5.90. The molecule has 0 atom stereocenters. The Balaban J connectivity index is 1.21. The summed E-state index contributed by atoms with van der Waals surface area (Å²) in [6.45, 7) is 17.9. The fourth-order valence-electron chi connectivity index (χ4n) is 5.35. The van der Waals surface area contributed by atoms with Gasteiger partial charge in [0.1, 0.15) is 22.6 Å². The molecule has 2 aliphatic heterocycles. The second-order valence-electron chi connectivity index (χ2n) is 15.0. The Morgan fingerprint density at radius 2 is 1.41 bits per heavy atom. The van der Waals surface area contributed by atoms with Crippen molar-refractivity contribution in [3.8, 4) is 5.69 Å². The number of nitrogens with one attached hydrogen (secondary N) is 3. The van der Waals surface area contributed by atoms with Crippen LogP contribution in [0.25, 0.3) is 5.69 Å². The third kappa shape index (κ3) is 10.7. The summed E-state index contributed by atoms with van der Waals surface area (Å²) in [5.74, 6) is 0.209. The van der Waals surface area contributed by atoms with Gasteiger partial charge >= 0.3 is 23.9 Å². The zero-order valence-corrected chi connectivity index (χ0v) is 29.8. The van der Waals surface area contributed by atoms with E-state index in [0.717, 1.165) is 12.1 Å². The van der Waals surface area contributed by atoms with Crippen molar-refractivity contribution < 1.29 is 28.7 Å². The molecule has 1 aromatic carbocycles. The molecule has 1 aromatic heterocycles. The molecule has 15 nitrogen and oxygen atoms in total. The Morgan fingerprint density at radius 1 is 0.816 bits per heavy atom. The van der Waals surface area contributed by atoms with Crippen LogP contribution in [-0.4, -0.2) is 111 Å². The van der Waals surface area contributed by atoms with Crippen molar-refractivity contribution in [2.75, 3.05) is 51.1 Å². The Kier molecular flexibility index (Phi) is 11.3. The minimum Gasteiger partial charge on any atom is -0.444 e. The molecule has 3 heterocycles. The molecule has 0 saturated carbocycles. The van der Waals surface area contributed by atoms with Crippen LogP contribution in [0.5, 0.6) is 0 Å². The Hall–Kier alpha value is -4.66. The first-order valence-corrected chi connectivity index (χ1v) is 16.5. The quantitative estimate of drug-likeness (QED) is 0.379. The molecule has 0 bridgehead atoms. The van der Waals surface area contributed by atoms with Crippen LogP contribution in [-0.2, 0) is 20.8 Å². The van der Waals surface area contributed by atoms with E-state index in [2.05, 4.69) is 20.9 Å². The standard InChI is InChI=1S/C34H50N8O7/c1-32(2,3)48-30(46)38-34(7,8)27(43)39-15-17-40(18-16-39)28(44)36-26-13-14-42(29(45)37-26)25-11-9-23(10-12-25)19-35-20-24-21-41(22-24)31(47)49-33(4,5)6/h9-14,24,35H,15-22H2,1-8H3,(H,38,46)(H,36,37,44,45). The molecule has 2 aromatic rings. The minimum atomic E-state index is -1.19. The lowest BCUT2D eigenvalue weighted by molar-refractivity contribution is -0.138. The molecule has 4 rings (SSSR count). The van der Waals surface area contributed by atoms with Crippen molar-refractivity contribution in [3.05, 3.63) is 52.6 Å². The van der Waals surface area contributed by atoms with Gasteiger partial charge in [-0.1, -0.05) is 12.1 Å². The molecule has 0 spiro atoms. The van der Waals surface area contributed by atoms with Crippen LogP contribution >= 0.6 is 0 Å². The highest BCUT2D eigenvalue weighted by atomic mass is 16.6. The number of piperazine rings is 1. The maximum Gasteiger partial charge on any atom is 0.410 e. The van der Waals surface area contributed by atoms with Gasteiger partial charge in [-0.25, -0.2) is 19.2 Å². The van der Waals surface area contributed by atoms with Gasteiger partial charge in [-0.3, -0.25) is 14.7 Å². The van der Waals surface area contributed by atoms with Gasteiger partial charge in [0.05, 0.1) is 5.69 Å². The number of carbonyl (C=O) groups excluding carboxylic acids is 4. The number of hydrogen-bond acceptors (Lipinski definition) is 9. The number of ether oxygens (including phenoxy) is 2. The van der Waals surface area contributed by atoms with Crippen LogP contribution in [0.2, 0.25) is 0 Å². The number of alkyl carbamates (subject to hydrolysis) is 1. The summed E-state index contributed by atoms with van der Waals surface area (Å²) in [7, 11) is 0. The summed E-state index contributed by atoms with van der Waals surface area (Å²) in [4.78, 5) is 72.1. The molecule has 2 aliphatic rings. The summed E-state index contributed by atoms with van der Waals surface area (Å²) in [6, 6.07) is 8.64. The number of anilines is 1. The fourth-order valence-corrected chi connectivity index (χ4v) is 5.35. The second-order valence-corrected chi connectivity index (χ2v) is 15.0. The SMILES string of the molecule is CC(C)(C)OC(=O)NC(C)(C)C(=O)N1CCN(C(=O)Nc2ccn(-c3ccc(CNCC4CN(C(=O)OC(C)(C)C)C4)cc3)c(=O)n2)CC1. The van der Waals surface area contributed by atoms with Gasteiger partial charge in [0, 0.05) is 64.5 Å². The van der Waals surface area contributed by atoms with Gasteiger partial charge in [-0.2, -0.15) is 4.98 Å². The lowest BCUT2D eigenvalue weighted by Crippen LogP contribution is -2.60. The number of rotatable bonds is 8. The lowest BCUT2D eigenvalue weighted by Gasteiger charge is -2.39. The molecule has 0 radical (unpaired) electrons. The number of amides is 5. The lowest BCUT2D eigenvalue weighted by atomic mass is 10.0. The summed E-state index contributed by atoms with van der Waals surface area (Å²) < 4.78 is 12.1. The van der Waals surface area contributed by atoms with Gasteiger partial charge in [0.2, 0.25) is 5.91 Å².